The molecule has 2 aromatic rings. The summed E-state index contributed by atoms with van der Waals surface area (Å²) in [6.07, 6.45) is 1.89. The van der Waals surface area contributed by atoms with Crippen molar-refractivity contribution in [3.63, 3.8) is 0 Å². The van der Waals surface area contributed by atoms with Crippen molar-refractivity contribution < 1.29 is 9.53 Å². The second-order valence-electron chi connectivity index (χ2n) is 6.28. The summed E-state index contributed by atoms with van der Waals surface area (Å²) in [5, 5.41) is 3.46. The highest BCUT2D eigenvalue weighted by atomic mass is 16.5. The van der Waals surface area contributed by atoms with Crippen LogP contribution in [0.25, 0.3) is 0 Å². The fraction of sp³-hybridized carbons (Fsp3) is 0.381. The van der Waals surface area contributed by atoms with Gasteiger partial charge < -0.3 is 15.0 Å². The van der Waals surface area contributed by atoms with Crippen LogP contribution < -0.4 is 5.32 Å². The molecule has 4 nitrogen and oxygen atoms in total. The van der Waals surface area contributed by atoms with Crippen LogP contribution in [0, 0.1) is 0 Å². The fourth-order valence-electron chi connectivity index (χ4n) is 3.28. The minimum atomic E-state index is -0.254. The lowest BCUT2D eigenvalue weighted by Crippen LogP contribution is -2.28. The van der Waals surface area contributed by atoms with Crippen LogP contribution in [-0.2, 0) is 17.6 Å². The number of likely N-dealkylation sites (N-methyl/N-ethyl adjacent to an activating group) is 1. The van der Waals surface area contributed by atoms with Gasteiger partial charge in [0.05, 0.1) is 11.3 Å². The van der Waals surface area contributed by atoms with Gasteiger partial charge in [-0.3, -0.25) is 0 Å². The Balaban J connectivity index is 1.77. The summed E-state index contributed by atoms with van der Waals surface area (Å²) in [5.74, 6) is -0.254. The summed E-state index contributed by atoms with van der Waals surface area (Å²) < 4.78 is 5.54. The van der Waals surface area contributed by atoms with Crippen molar-refractivity contribution in [2.24, 2.45) is 0 Å². The predicted octanol–water partition coefficient (Wildman–Crippen LogP) is 4.03. The minimum Gasteiger partial charge on any atom is -0.461 e. The first-order valence-electron chi connectivity index (χ1n) is 9.09. The number of para-hydroxylation sites is 2. The van der Waals surface area contributed by atoms with Gasteiger partial charge in [0.15, 0.2) is 0 Å². The zero-order valence-corrected chi connectivity index (χ0v) is 15.0. The molecule has 0 spiro atoms. The number of carbonyl (C=O) groups is 1. The van der Waals surface area contributed by atoms with Gasteiger partial charge in [-0.1, -0.05) is 44.2 Å². The third-order valence-electron chi connectivity index (χ3n) is 4.85. The molecular weight excluding hydrogens is 312 g/mol. The first-order valence-corrected chi connectivity index (χ1v) is 9.09. The molecular formula is C21H26N2O2. The van der Waals surface area contributed by atoms with E-state index < -0.39 is 0 Å². The SMILES string of the molecule is CCN(CC)CCOC(=O)c1cccc2c1Nc1ccccc1CC2. The summed E-state index contributed by atoms with van der Waals surface area (Å²) >= 11 is 0. The summed E-state index contributed by atoms with van der Waals surface area (Å²) in [4.78, 5) is 14.9. The summed E-state index contributed by atoms with van der Waals surface area (Å²) in [6, 6.07) is 14.1. The van der Waals surface area contributed by atoms with Crippen molar-refractivity contribution in [3.8, 4) is 0 Å². The maximum absolute atomic E-state index is 12.6. The van der Waals surface area contributed by atoms with E-state index in [-0.39, 0.29) is 5.97 Å². The smallest absolute Gasteiger partial charge is 0.340 e. The maximum Gasteiger partial charge on any atom is 0.340 e. The Morgan fingerprint density at radius 3 is 2.56 bits per heavy atom. The third kappa shape index (κ3) is 4.02. The van der Waals surface area contributed by atoms with Crippen molar-refractivity contribution in [2.45, 2.75) is 26.7 Å². The van der Waals surface area contributed by atoms with Gasteiger partial charge in [-0.2, -0.15) is 0 Å². The molecule has 25 heavy (non-hydrogen) atoms. The molecule has 3 rings (SSSR count). The third-order valence-corrected chi connectivity index (χ3v) is 4.85. The number of nitrogens with zero attached hydrogens (tertiary/aromatic N) is 1. The van der Waals surface area contributed by atoms with Crippen LogP contribution in [0.2, 0.25) is 0 Å². The molecule has 0 amide bonds. The molecule has 1 heterocycles. The molecule has 1 aliphatic rings. The summed E-state index contributed by atoms with van der Waals surface area (Å²) in [6.45, 7) is 7.35. The average molecular weight is 338 g/mol. The maximum atomic E-state index is 12.6. The molecule has 0 aliphatic carbocycles. The molecule has 0 unspecified atom stereocenters. The second-order valence-corrected chi connectivity index (χ2v) is 6.28. The van der Waals surface area contributed by atoms with Crippen LogP contribution in [0.4, 0.5) is 11.4 Å². The van der Waals surface area contributed by atoms with Gasteiger partial charge >= 0.3 is 5.97 Å². The van der Waals surface area contributed by atoms with Crippen molar-refractivity contribution >= 4 is 17.3 Å². The van der Waals surface area contributed by atoms with Gasteiger partial charge in [-0.05, 0) is 49.2 Å². The lowest BCUT2D eigenvalue weighted by molar-refractivity contribution is 0.0467. The monoisotopic (exact) mass is 338 g/mol. The van der Waals surface area contributed by atoms with E-state index >= 15 is 0 Å². The Bertz CT molecular complexity index is 738. The number of hydrogen-bond donors (Lipinski definition) is 1. The van der Waals surface area contributed by atoms with Crippen LogP contribution in [0.1, 0.15) is 35.3 Å². The van der Waals surface area contributed by atoms with E-state index in [1.165, 1.54) is 5.56 Å². The number of fused-ring (bicyclic) bond motifs is 2. The first kappa shape index (κ1) is 17.5. The number of rotatable bonds is 6. The number of nitrogens with one attached hydrogen (secondary N) is 1. The number of carbonyl (C=O) groups excluding carboxylic acids is 1. The largest absolute Gasteiger partial charge is 0.461 e. The van der Waals surface area contributed by atoms with Crippen LogP contribution in [0.3, 0.4) is 0 Å². The molecule has 0 bridgehead atoms. The number of hydrogen-bond acceptors (Lipinski definition) is 4. The molecule has 0 aromatic heterocycles. The van der Waals surface area contributed by atoms with E-state index in [0.717, 1.165) is 49.4 Å². The van der Waals surface area contributed by atoms with Gasteiger partial charge in [0.1, 0.15) is 6.61 Å². The molecule has 2 aromatic carbocycles. The highest BCUT2D eigenvalue weighted by molar-refractivity contribution is 5.97. The Morgan fingerprint density at radius 1 is 1.04 bits per heavy atom. The van der Waals surface area contributed by atoms with Gasteiger partial charge in [-0.15, -0.1) is 0 Å². The van der Waals surface area contributed by atoms with Gasteiger partial charge in [0.25, 0.3) is 0 Å². The minimum absolute atomic E-state index is 0.254. The van der Waals surface area contributed by atoms with Gasteiger partial charge in [0, 0.05) is 12.2 Å². The van der Waals surface area contributed by atoms with E-state index in [4.69, 9.17) is 4.74 Å². The van der Waals surface area contributed by atoms with Crippen LogP contribution >= 0.6 is 0 Å². The van der Waals surface area contributed by atoms with Gasteiger partial charge in [-0.25, -0.2) is 4.79 Å². The summed E-state index contributed by atoms with van der Waals surface area (Å²) in [7, 11) is 0. The van der Waals surface area contributed by atoms with Crippen molar-refractivity contribution in [1.29, 1.82) is 0 Å². The predicted molar refractivity (Wildman–Crippen MR) is 102 cm³/mol. The Morgan fingerprint density at radius 2 is 1.76 bits per heavy atom. The van der Waals surface area contributed by atoms with Crippen molar-refractivity contribution in [2.75, 3.05) is 31.6 Å². The Labute approximate surface area is 149 Å². The lowest BCUT2D eigenvalue weighted by Gasteiger charge is -2.18. The van der Waals surface area contributed by atoms with Crippen molar-refractivity contribution in [1.82, 2.24) is 4.90 Å². The van der Waals surface area contributed by atoms with Crippen molar-refractivity contribution in [3.05, 3.63) is 59.2 Å². The topological polar surface area (TPSA) is 41.6 Å². The number of anilines is 2. The van der Waals surface area contributed by atoms with Crippen LogP contribution in [-0.4, -0.2) is 37.1 Å². The standard InChI is InChI=1S/C21H26N2O2/c1-3-23(4-2)14-15-25-21(24)18-10-7-9-17-13-12-16-8-5-6-11-19(16)22-20(17)18/h5-11,22H,3-4,12-15H2,1-2H3. The van der Waals surface area contributed by atoms with E-state index in [1.54, 1.807) is 0 Å². The van der Waals surface area contributed by atoms with E-state index in [0.29, 0.717) is 12.2 Å². The molecule has 1 N–H and O–H groups in total. The quantitative estimate of drug-likeness (QED) is 0.808. The number of aryl methyl sites for hydroxylation is 2. The Kier molecular flexibility index (Phi) is 5.71. The normalized spacial score (nSPS) is 12.8. The number of benzene rings is 2. The molecule has 0 fully saturated rings. The Hall–Kier alpha value is -2.33. The van der Waals surface area contributed by atoms with Gasteiger partial charge in [0.2, 0.25) is 0 Å². The fourth-order valence-corrected chi connectivity index (χ4v) is 3.28. The zero-order chi connectivity index (χ0) is 17.6. The molecule has 4 heteroatoms. The number of esters is 1. The highest BCUT2D eigenvalue weighted by Gasteiger charge is 2.20. The van der Waals surface area contributed by atoms with E-state index in [2.05, 4.69) is 48.3 Å². The second kappa shape index (κ2) is 8.17. The summed E-state index contributed by atoms with van der Waals surface area (Å²) in [5.41, 5.74) is 5.02. The van der Waals surface area contributed by atoms with Crippen LogP contribution in [0.5, 0.6) is 0 Å². The molecule has 0 saturated heterocycles. The zero-order valence-electron chi connectivity index (χ0n) is 15.0. The molecule has 0 saturated carbocycles. The number of ether oxygens (including phenoxy) is 1. The van der Waals surface area contributed by atoms with E-state index in [1.807, 2.05) is 18.2 Å². The van der Waals surface area contributed by atoms with Crippen LogP contribution in [0.15, 0.2) is 42.5 Å². The molecule has 1 aliphatic heterocycles. The lowest BCUT2D eigenvalue weighted by atomic mass is 10.0. The first-order chi connectivity index (χ1) is 12.2. The van der Waals surface area contributed by atoms with E-state index in [9.17, 15) is 4.79 Å². The average Bonchev–Trinajstić information content (AvgIpc) is 2.84. The molecule has 0 atom stereocenters. The molecule has 132 valence electrons. The molecule has 0 radical (unpaired) electrons. The highest BCUT2D eigenvalue weighted by Crippen LogP contribution is 2.32.